The Morgan fingerprint density at radius 3 is 2.14 bits per heavy atom. The molecule has 0 radical (unpaired) electrons. The van der Waals surface area contributed by atoms with Crippen LogP contribution in [0.15, 0.2) is 48.8 Å². The van der Waals surface area contributed by atoms with Crippen LogP contribution in [0.2, 0.25) is 0 Å². The Morgan fingerprint density at radius 1 is 0.929 bits per heavy atom. The minimum Gasteiger partial charge on any atom is -0.330 e. The van der Waals surface area contributed by atoms with E-state index < -0.39 is 0 Å². The monoisotopic (exact) mass is 379 g/mol. The third-order valence-corrected chi connectivity index (χ3v) is 6.17. The summed E-state index contributed by atoms with van der Waals surface area (Å²) in [6, 6.07) is 13.4. The highest BCUT2D eigenvalue weighted by Crippen LogP contribution is 2.29. The standard InChI is InChI=1S/C25H37N3/c1-25(2,3)24-12-10-22(11-13-24)18-28(19-23-5-4-14-27-16-23)17-21-8-6-20(15-26)7-9-21/h4-5,10-14,16,20-21H,6-9,15,17-19,26H2,1-3H3. The van der Waals surface area contributed by atoms with Crippen molar-refractivity contribution in [1.82, 2.24) is 9.88 Å². The van der Waals surface area contributed by atoms with Gasteiger partial charge in [0, 0.05) is 32.0 Å². The predicted molar refractivity (Wildman–Crippen MR) is 118 cm³/mol. The van der Waals surface area contributed by atoms with Crippen LogP contribution in [-0.4, -0.2) is 23.0 Å². The average Bonchev–Trinajstić information content (AvgIpc) is 2.69. The SMILES string of the molecule is CC(C)(C)c1ccc(CN(Cc2cccnc2)CC2CCC(CN)CC2)cc1. The Kier molecular flexibility index (Phi) is 7.25. The molecule has 0 atom stereocenters. The number of pyridine rings is 1. The van der Waals surface area contributed by atoms with E-state index in [0.29, 0.717) is 0 Å². The summed E-state index contributed by atoms with van der Waals surface area (Å²) < 4.78 is 0. The van der Waals surface area contributed by atoms with E-state index >= 15 is 0 Å². The van der Waals surface area contributed by atoms with E-state index in [1.165, 1.54) is 42.4 Å². The zero-order valence-electron chi connectivity index (χ0n) is 17.9. The highest BCUT2D eigenvalue weighted by Gasteiger charge is 2.22. The summed E-state index contributed by atoms with van der Waals surface area (Å²) in [5, 5.41) is 0. The van der Waals surface area contributed by atoms with Crippen LogP contribution < -0.4 is 5.73 Å². The lowest BCUT2D eigenvalue weighted by Crippen LogP contribution is -2.32. The lowest BCUT2D eigenvalue weighted by atomic mass is 9.81. The Bertz CT molecular complexity index is 695. The topological polar surface area (TPSA) is 42.2 Å². The zero-order chi connectivity index (χ0) is 20.0. The summed E-state index contributed by atoms with van der Waals surface area (Å²) >= 11 is 0. The number of aromatic nitrogens is 1. The zero-order valence-corrected chi connectivity index (χ0v) is 17.9. The van der Waals surface area contributed by atoms with Crippen molar-refractivity contribution in [2.24, 2.45) is 17.6 Å². The van der Waals surface area contributed by atoms with Crippen LogP contribution in [0, 0.1) is 11.8 Å². The third-order valence-electron chi connectivity index (χ3n) is 6.17. The lowest BCUT2D eigenvalue weighted by Gasteiger charge is -2.32. The largest absolute Gasteiger partial charge is 0.330 e. The van der Waals surface area contributed by atoms with E-state index in [1.54, 1.807) is 0 Å². The third kappa shape index (κ3) is 6.15. The van der Waals surface area contributed by atoms with E-state index in [1.807, 2.05) is 18.5 Å². The fourth-order valence-corrected chi connectivity index (χ4v) is 4.32. The van der Waals surface area contributed by atoms with Crippen molar-refractivity contribution in [2.75, 3.05) is 13.1 Å². The second kappa shape index (κ2) is 9.67. The summed E-state index contributed by atoms with van der Waals surface area (Å²) in [5.41, 5.74) is 10.2. The number of nitrogens with two attached hydrogens (primary N) is 1. The van der Waals surface area contributed by atoms with Gasteiger partial charge >= 0.3 is 0 Å². The molecule has 0 unspecified atom stereocenters. The first-order chi connectivity index (χ1) is 13.4. The minimum absolute atomic E-state index is 0.204. The van der Waals surface area contributed by atoms with Crippen LogP contribution in [0.4, 0.5) is 0 Å². The minimum atomic E-state index is 0.204. The lowest BCUT2D eigenvalue weighted by molar-refractivity contribution is 0.170. The first-order valence-corrected chi connectivity index (χ1v) is 10.8. The van der Waals surface area contributed by atoms with Crippen LogP contribution in [-0.2, 0) is 18.5 Å². The molecule has 152 valence electrons. The van der Waals surface area contributed by atoms with Crippen molar-refractivity contribution in [3.05, 3.63) is 65.5 Å². The summed E-state index contributed by atoms with van der Waals surface area (Å²) in [6.07, 6.45) is 9.07. The quantitative estimate of drug-likeness (QED) is 0.724. The van der Waals surface area contributed by atoms with E-state index in [4.69, 9.17) is 5.73 Å². The van der Waals surface area contributed by atoms with Crippen molar-refractivity contribution in [2.45, 2.75) is 65.0 Å². The van der Waals surface area contributed by atoms with Gasteiger partial charge in [0.25, 0.3) is 0 Å². The molecule has 1 aromatic carbocycles. The maximum Gasteiger partial charge on any atom is 0.0312 e. The van der Waals surface area contributed by atoms with Crippen LogP contribution in [0.5, 0.6) is 0 Å². The van der Waals surface area contributed by atoms with Gasteiger partial charge in [-0.2, -0.15) is 0 Å². The molecule has 3 rings (SSSR count). The molecular formula is C25H37N3. The maximum absolute atomic E-state index is 5.88. The number of hydrogen-bond donors (Lipinski definition) is 1. The van der Waals surface area contributed by atoms with Gasteiger partial charge in [-0.1, -0.05) is 51.1 Å². The molecule has 2 aromatic rings. The first-order valence-electron chi connectivity index (χ1n) is 10.8. The van der Waals surface area contributed by atoms with Gasteiger partial charge in [-0.3, -0.25) is 9.88 Å². The number of benzene rings is 1. The molecule has 1 heterocycles. The predicted octanol–water partition coefficient (Wildman–Crippen LogP) is 5.15. The molecule has 3 heteroatoms. The van der Waals surface area contributed by atoms with E-state index in [-0.39, 0.29) is 5.41 Å². The molecule has 3 nitrogen and oxygen atoms in total. The second-order valence-electron chi connectivity index (χ2n) is 9.60. The summed E-state index contributed by atoms with van der Waals surface area (Å²) in [4.78, 5) is 6.92. The first kappa shape index (κ1) is 21.0. The molecule has 28 heavy (non-hydrogen) atoms. The summed E-state index contributed by atoms with van der Waals surface area (Å²) in [7, 11) is 0. The number of nitrogens with zero attached hydrogens (tertiary/aromatic N) is 2. The second-order valence-corrected chi connectivity index (χ2v) is 9.60. The highest BCUT2D eigenvalue weighted by atomic mass is 15.1. The maximum atomic E-state index is 5.88. The molecule has 0 spiro atoms. The molecule has 1 aliphatic carbocycles. The van der Waals surface area contributed by atoms with E-state index in [2.05, 4.69) is 61.0 Å². The van der Waals surface area contributed by atoms with Crippen LogP contribution in [0.1, 0.15) is 63.1 Å². The van der Waals surface area contributed by atoms with E-state index in [9.17, 15) is 0 Å². The van der Waals surface area contributed by atoms with Crippen molar-refractivity contribution >= 4 is 0 Å². The van der Waals surface area contributed by atoms with Gasteiger partial charge in [-0.15, -0.1) is 0 Å². The fourth-order valence-electron chi connectivity index (χ4n) is 4.32. The summed E-state index contributed by atoms with van der Waals surface area (Å²) in [6.45, 7) is 10.8. The van der Waals surface area contributed by atoms with Gasteiger partial charge in [0.1, 0.15) is 0 Å². The van der Waals surface area contributed by atoms with Gasteiger partial charge in [0.2, 0.25) is 0 Å². The normalized spacial score (nSPS) is 20.5. The average molecular weight is 380 g/mol. The molecule has 0 saturated heterocycles. The highest BCUT2D eigenvalue weighted by molar-refractivity contribution is 5.27. The van der Waals surface area contributed by atoms with Gasteiger partial charge < -0.3 is 5.73 Å². The van der Waals surface area contributed by atoms with Crippen LogP contribution in [0.3, 0.4) is 0 Å². The molecule has 2 N–H and O–H groups in total. The smallest absolute Gasteiger partial charge is 0.0312 e. The van der Waals surface area contributed by atoms with E-state index in [0.717, 1.165) is 38.0 Å². The van der Waals surface area contributed by atoms with Crippen LogP contribution >= 0.6 is 0 Å². The Balaban J connectivity index is 1.67. The van der Waals surface area contributed by atoms with Crippen LogP contribution in [0.25, 0.3) is 0 Å². The molecule has 1 saturated carbocycles. The van der Waals surface area contributed by atoms with Gasteiger partial charge in [-0.05, 0) is 72.2 Å². The fraction of sp³-hybridized carbons (Fsp3) is 0.560. The molecule has 0 bridgehead atoms. The van der Waals surface area contributed by atoms with Crippen molar-refractivity contribution in [1.29, 1.82) is 0 Å². The number of rotatable bonds is 7. The molecule has 1 fully saturated rings. The van der Waals surface area contributed by atoms with Crippen molar-refractivity contribution in [3.63, 3.8) is 0 Å². The van der Waals surface area contributed by atoms with Crippen molar-refractivity contribution < 1.29 is 0 Å². The molecule has 1 aliphatic rings. The van der Waals surface area contributed by atoms with Crippen molar-refractivity contribution in [3.8, 4) is 0 Å². The Labute approximate surface area is 171 Å². The number of hydrogen-bond acceptors (Lipinski definition) is 3. The molecule has 0 amide bonds. The Hall–Kier alpha value is -1.71. The molecule has 0 aliphatic heterocycles. The molecular weight excluding hydrogens is 342 g/mol. The van der Waals surface area contributed by atoms with Gasteiger partial charge in [0.05, 0.1) is 0 Å². The van der Waals surface area contributed by atoms with Gasteiger partial charge in [-0.25, -0.2) is 0 Å². The van der Waals surface area contributed by atoms with Gasteiger partial charge in [0.15, 0.2) is 0 Å². The summed E-state index contributed by atoms with van der Waals surface area (Å²) in [5.74, 6) is 1.53. The Morgan fingerprint density at radius 2 is 1.57 bits per heavy atom. The molecule has 1 aromatic heterocycles.